The quantitative estimate of drug-likeness (QED) is 0.853. The average Bonchev–Trinajstić information content (AvgIpc) is 2.38. The molecule has 1 atom stereocenters. The lowest BCUT2D eigenvalue weighted by Crippen LogP contribution is -2.33. The van der Waals surface area contributed by atoms with Crippen LogP contribution < -0.4 is 4.74 Å². The molecule has 8 heteroatoms. The molecule has 1 aromatic carbocycles. The molecule has 0 saturated carbocycles. The lowest BCUT2D eigenvalue weighted by Gasteiger charge is -2.19. The number of ether oxygens (including phenoxy) is 1. The van der Waals surface area contributed by atoms with Gasteiger partial charge in [0.05, 0.1) is 17.9 Å². The fourth-order valence-electron chi connectivity index (χ4n) is 1.54. The lowest BCUT2D eigenvalue weighted by atomic mass is 10.2. The van der Waals surface area contributed by atoms with Gasteiger partial charge in [0, 0.05) is 19.7 Å². The number of carboxylic acid groups (broad SMARTS) is 1. The Morgan fingerprint density at radius 2 is 2.10 bits per heavy atom. The molecule has 0 saturated heterocycles. The molecule has 0 radical (unpaired) electrons. The summed E-state index contributed by atoms with van der Waals surface area (Å²) >= 11 is 0. The van der Waals surface area contributed by atoms with E-state index in [-0.39, 0.29) is 17.2 Å². The summed E-state index contributed by atoms with van der Waals surface area (Å²) in [6, 6.07) is 3.15. The molecule has 0 bridgehead atoms. The molecule has 0 amide bonds. The van der Waals surface area contributed by atoms with E-state index in [1.807, 2.05) is 0 Å². The number of hydrogen-bond acceptors (Lipinski definition) is 4. The summed E-state index contributed by atoms with van der Waals surface area (Å²) in [5, 5.41) is 8.79. The van der Waals surface area contributed by atoms with Crippen LogP contribution in [0, 0.1) is 11.7 Å². The van der Waals surface area contributed by atoms with E-state index >= 15 is 0 Å². The van der Waals surface area contributed by atoms with E-state index < -0.39 is 27.7 Å². The van der Waals surface area contributed by atoms with Crippen molar-refractivity contribution in [3.63, 3.8) is 0 Å². The monoisotopic (exact) mass is 305 g/mol. The van der Waals surface area contributed by atoms with Crippen molar-refractivity contribution < 1.29 is 27.4 Å². The van der Waals surface area contributed by atoms with E-state index in [4.69, 9.17) is 9.84 Å². The van der Waals surface area contributed by atoms with E-state index in [0.717, 1.165) is 22.5 Å². The Bertz CT molecular complexity index is 602. The van der Waals surface area contributed by atoms with Crippen molar-refractivity contribution in [1.29, 1.82) is 0 Å². The van der Waals surface area contributed by atoms with Gasteiger partial charge in [-0.05, 0) is 12.1 Å². The first-order valence-electron chi connectivity index (χ1n) is 5.72. The van der Waals surface area contributed by atoms with Gasteiger partial charge in [-0.15, -0.1) is 0 Å². The molecule has 0 spiro atoms. The van der Waals surface area contributed by atoms with Crippen LogP contribution in [0.15, 0.2) is 23.1 Å². The minimum absolute atomic E-state index is 0.157. The first kappa shape index (κ1) is 16.4. The minimum atomic E-state index is -3.89. The van der Waals surface area contributed by atoms with Crippen LogP contribution in [0.2, 0.25) is 0 Å². The Kier molecular flexibility index (Phi) is 5.07. The molecule has 1 rings (SSSR count). The molecule has 0 aliphatic heterocycles. The summed E-state index contributed by atoms with van der Waals surface area (Å²) in [5.41, 5.74) is 0. The van der Waals surface area contributed by atoms with Gasteiger partial charge in [0.15, 0.2) is 11.6 Å². The molecule has 0 aromatic heterocycles. The standard InChI is InChI=1S/C12H16FNO5S/c1-8(12(15)16)7-14(2)20(17,18)9-4-5-10(13)11(6-9)19-3/h4-6,8H,7H2,1-3H3,(H,15,16). The summed E-state index contributed by atoms with van der Waals surface area (Å²) in [6.45, 7) is 1.22. The molecule has 1 N–H and O–H groups in total. The van der Waals surface area contributed by atoms with Crippen LogP contribution in [0.5, 0.6) is 5.75 Å². The van der Waals surface area contributed by atoms with Crippen LogP contribution in [0.4, 0.5) is 4.39 Å². The van der Waals surface area contributed by atoms with Crippen molar-refractivity contribution in [3.8, 4) is 5.75 Å². The molecule has 0 aliphatic carbocycles. The molecular formula is C12H16FNO5S. The normalized spacial score (nSPS) is 13.2. The predicted molar refractivity (Wildman–Crippen MR) is 69.6 cm³/mol. The van der Waals surface area contributed by atoms with Crippen molar-refractivity contribution in [1.82, 2.24) is 4.31 Å². The largest absolute Gasteiger partial charge is 0.494 e. The Morgan fingerprint density at radius 3 is 2.60 bits per heavy atom. The van der Waals surface area contributed by atoms with Crippen LogP contribution in [0.25, 0.3) is 0 Å². The number of carboxylic acids is 1. The highest BCUT2D eigenvalue weighted by molar-refractivity contribution is 7.89. The SMILES string of the molecule is COc1cc(S(=O)(=O)N(C)CC(C)C(=O)O)ccc1F. The molecular weight excluding hydrogens is 289 g/mol. The lowest BCUT2D eigenvalue weighted by molar-refractivity contribution is -0.141. The molecule has 0 heterocycles. The number of methoxy groups -OCH3 is 1. The van der Waals surface area contributed by atoms with Gasteiger partial charge in [-0.2, -0.15) is 0 Å². The second kappa shape index (κ2) is 6.19. The zero-order valence-electron chi connectivity index (χ0n) is 11.3. The Hall–Kier alpha value is -1.67. The second-order valence-electron chi connectivity index (χ2n) is 4.32. The molecule has 112 valence electrons. The van der Waals surface area contributed by atoms with Crippen LogP contribution in [0.1, 0.15) is 6.92 Å². The Labute approximate surface area is 116 Å². The predicted octanol–water partition coefficient (Wildman–Crippen LogP) is 1.18. The highest BCUT2D eigenvalue weighted by Gasteiger charge is 2.25. The van der Waals surface area contributed by atoms with E-state index in [9.17, 15) is 17.6 Å². The summed E-state index contributed by atoms with van der Waals surface area (Å²) < 4.78 is 43.4. The van der Waals surface area contributed by atoms with Crippen molar-refractivity contribution >= 4 is 16.0 Å². The summed E-state index contributed by atoms with van der Waals surface area (Å²) in [5.74, 6) is -2.81. The zero-order chi connectivity index (χ0) is 15.5. The average molecular weight is 305 g/mol. The smallest absolute Gasteiger partial charge is 0.307 e. The van der Waals surface area contributed by atoms with Crippen molar-refractivity contribution in [2.24, 2.45) is 5.92 Å². The zero-order valence-corrected chi connectivity index (χ0v) is 12.1. The van der Waals surface area contributed by atoms with E-state index in [1.54, 1.807) is 0 Å². The number of halogens is 1. The molecule has 0 fully saturated rings. The van der Waals surface area contributed by atoms with Crippen LogP contribution in [-0.4, -0.2) is 44.5 Å². The number of carbonyl (C=O) groups is 1. The maximum atomic E-state index is 13.3. The Balaban J connectivity index is 3.07. The van der Waals surface area contributed by atoms with Crippen molar-refractivity contribution in [2.75, 3.05) is 20.7 Å². The fourth-order valence-corrected chi connectivity index (χ4v) is 2.82. The number of benzene rings is 1. The van der Waals surface area contributed by atoms with Gasteiger partial charge in [0.2, 0.25) is 10.0 Å². The maximum absolute atomic E-state index is 13.3. The van der Waals surface area contributed by atoms with Crippen LogP contribution in [0.3, 0.4) is 0 Å². The van der Waals surface area contributed by atoms with Crippen LogP contribution in [-0.2, 0) is 14.8 Å². The van der Waals surface area contributed by atoms with Gasteiger partial charge in [0.1, 0.15) is 0 Å². The summed E-state index contributed by atoms with van der Waals surface area (Å²) in [6.07, 6.45) is 0. The van der Waals surface area contributed by atoms with Gasteiger partial charge in [-0.25, -0.2) is 17.1 Å². The van der Waals surface area contributed by atoms with Crippen molar-refractivity contribution in [2.45, 2.75) is 11.8 Å². The topological polar surface area (TPSA) is 83.9 Å². The van der Waals surface area contributed by atoms with E-state index in [2.05, 4.69) is 0 Å². The number of sulfonamides is 1. The number of rotatable bonds is 6. The molecule has 1 aromatic rings. The Morgan fingerprint density at radius 1 is 1.50 bits per heavy atom. The minimum Gasteiger partial charge on any atom is -0.494 e. The first-order chi connectivity index (χ1) is 9.20. The number of hydrogen-bond donors (Lipinski definition) is 1. The summed E-state index contributed by atoms with van der Waals surface area (Å²) in [7, 11) is -1.40. The number of nitrogens with zero attached hydrogens (tertiary/aromatic N) is 1. The molecule has 20 heavy (non-hydrogen) atoms. The molecule has 1 unspecified atom stereocenters. The third-order valence-electron chi connectivity index (χ3n) is 2.78. The van der Waals surface area contributed by atoms with Gasteiger partial charge in [-0.3, -0.25) is 4.79 Å². The third-order valence-corrected chi connectivity index (χ3v) is 4.60. The van der Waals surface area contributed by atoms with Crippen LogP contribution >= 0.6 is 0 Å². The van der Waals surface area contributed by atoms with E-state index in [0.29, 0.717) is 0 Å². The highest BCUT2D eigenvalue weighted by Crippen LogP contribution is 2.23. The molecule has 6 nitrogen and oxygen atoms in total. The number of aliphatic carboxylic acids is 1. The third kappa shape index (κ3) is 3.45. The van der Waals surface area contributed by atoms with Gasteiger partial charge < -0.3 is 9.84 Å². The van der Waals surface area contributed by atoms with E-state index in [1.165, 1.54) is 21.1 Å². The van der Waals surface area contributed by atoms with Crippen molar-refractivity contribution in [3.05, 3.63) is 24.0 Å². The maximum Gasteiger partial charge on any atom is 0.307 e. The van der Waals surface area contributed by atoms with Gasteiger partial charge in [0.25, 0.3) is 0 Å². The fraction of sp³-hybridized carbons (Fsp3) is 0.417. The second-order valence-corrected chi connectivity index (χ2v) is 6.37. The highest BCUT2D eigenvalue weighted by atomic mass is 32.2. The first-order valence-corrected chi connectivity index (χ1v) is 7.16. The van der Waals surface area contributed by atoms with Gasteiger partial charge in [-0.1, -0.05) is 6.92 Å². The van der Waals surface area contributed by atoms with Gasteiger partial charge >= 0.3 is 5.97 Å². The summed E-state index contributed by atoms with van der Waals surface area (Å²) in [4.78, 5) is 10.6. The molecule has 0 aliphatic rings.